The molecule has 3 nitrogen and oxygen atoms in total. The highest BCUT2D eigenvalue weighted by atomic mass is 32.2. The van der Waals surface area contributed by atoms with Crippen molar-refractivity contribution in [3.05, 3.63) is 65.2 Å². The summed E-state index contributed by atoms with van der Waals surface area (Å²) in [5.41, 5.74) is 2.80. The molecule has 0 bridgehead atoms. The van der Waals surface area contributed by atoms with Gasteiger partial charge in [-0.2, -0.15) is 5.26 Å². The van der Waals surface area contributed by atoms with Gasteiger partial charge in [-0.3, -0.25) is 4.79 Å². The van der Waals surface area contributed by atoms with Gasteiger partial charge in [0.25, 0.3) is 0 Å². The summed E-state index contributed by atoms with van der Waals surface area (Å²) in [4.78, 5) is 13.0. The Kier molecular flexibility index (Phi) is 5.42. The lowest BCUT2D eigenvalue weighted by Crippen LogP contribution is -2.24. The maximum absolute atomic E-state index is 11.8. The van der Waals surface area contributed by atoms with Crippen molar-refractivity contribution >= 4 is 17.7 Å². The Morgan fingerprint density at radius 2 is 1.90 bits per heavy atom. The summed E-state index contributed by atoms with van der Waals surface area (Å²) < 4.78 is 0. The van der Waals surface area contributed by atoms with E-state index < -0.39 is 0 Å². The SMILES string of the molecule is Cc1ccccc1SCC(=O)NCc1ccc(C#N)cc1. The van der Waals surface area contributed by atoms with Gasteiger partial charge in [0.2, 0.25) is 5.91 Å². The molecule has 0 aromatic heterocycles. The van der Waals surface area contributed by atoms with Crippen LogP contribution in [-0.2, 0) is 11.3 Å². The van der Waals surface area contributed by atoms with Crippen molar-refractivity contribution in [3.63, 3.8) is 0 Å². The number of carbonyl (C=O) groups is 1. The van der Waals surface area contributed by atoms with Crippen LogP contribution in [0.1, 0.15) is 16.7 Å². The summed E-state index contributed by atoms with van der Waals surface area (Å²) in [7, 11) is 0. The number of rotatable bonds is 5. The average Bonchev–Trinajstić information content (AvgIpc) is 2.52. The number of hydrogen-bond donors (Lipinski definition) is 1. The lowest BCUT2D eigenvalue weighted by Gasteiger charge is -2.07. The first-order valence-electron chi connectivity index (χ1n) is 6.63. The smallest absolute Gasteiger partial charge is 0.230 e. The summed E-state index contributed by atoms with van der Waals surface area (Å²) in [5.74, 6) is 0.411. The quantitative estimate of drug-likeness (QED) is 0.862. The Morgan fingerprint density at radius 1 is 1.19 bits per heavy atom. The highest BCUT2D eigenvalue weighted by molar-refractivity contribution is 8.00. The van der Waals surface area contributed by atoms with Crippen LogP contribution in [0.15, 0.2) is 53.4 Å². The number of nitrogens with one attached hydrogen (secondary N) is 1. The average molecular weight is 296 g/mol. The fraction of sp³-hybridized carbons (Fsp3) is 0.176. The summed E-state index contributed by atoms with van der Waals surface area (Å²) >= 11 is 1.54. The molecule has 0 saturated carbocycles. The molecular formula is C17H16N2OS. The molecule has 0 saturated heterocycles. The normalized spacial score (nSPS) is 9.90. The Morgan fingerprint density at radius 3 is 2.57 bits per heavy atom. The molecule has 0 fully saturated rings. The molecular weight excluding hydrogens is 280 g/mol. The number of carbonyl (C=O) groups excluding carboxylic acids is 1. The molecule has 0 aliphatic heterocycles. The van der Waals surface area contributed by atoms with E-state index in [0.29, 0.717) is 17.9 Å². The topological polar surface area (TPSA) is 52.9 Å². The number of thioether (sulfide) groups is 1. The van der Waals surface area contributed by atoms with Gasteiger partial charge >= 0.3 is 0 Å². The van der Waals surface area contributed by atoms with E-state index in [2.05, 4.69) is 11.4 Å². The molecule has 106 valence electrons. The van der Waals surface area contributed by atoms with Crippen LogP contribution in [-0.4, -0.2) is 11.7 Å². The molecule has 0 aliphatic rings. The summed E-state index contributed by atoms with van der Waals surface area (Å²) in [6.07, 6.45) is 0. The number of nitriles is 1. The highest BCUT2D eigenvalue weighted by Crippen LogP contribution is 2.21. The Bertz CT molecular complexity index is 659. The Hall–Kier alpha value is -2.25. The molecule has 2 aromatic carbocycles. The monoisotopic (exact) mass is 296 g/mol. The minimum absolute atomic E-state index is 0.00705. The molecule has 1 N–H and O–H groups in total. The van der Waals surface area contributed by atoms with Crippen LogP contribution in [0.3, 0.4) is 0 Å². The number of aryl methyl sites for hydroxylation is 1. The Labute approximate surface area is 129 Å². The molecule has 0 spiro atoms. The summed E-state index contributed by atoms with van der Waals surface area (Å²) in [5, 5.41) is 11.6. The van der Waals surface area contributed by atoms with Crippen molar-refractivity contribution in [1.29, 1.82) is 5.26 Å². The van der Waals surface area contributed by atoms with Crippen molar-refractivity contribution in [2.75, 3.05) is 5.75 Å². The lowest BCUT2D eigenvalue weighted by molar-refractivity contribution is -0.118. The van der Waals surface area contributed by atoms with Gasteiger partial charge in [-0.1, -0.05) is 30.3 Å². The van der Waals surface area contributed by atoms with E-state index in [-0.39, 0.29) is 5.91 Å². The second-order valence-corrected chi connectivity index (χ2v) is 5.66. The molecule has 0 atom stereocenters. The van der Waals surface area contributed by atoms with E-state index in [1.54, 1.807) is 23.9 Å². The minimum Gasteiger partial charge on any atom is -0.351 e. The van der Waals surface area contributed by atoms with Crippen LogP contribution in [0.5, 0.6) is 0 Å². The fourth-order valence-electron chi connectivity index (χ4n) is 1.81. The predicted octanol–water partition coefficient (Wildman–Crippen LogP) is 3.28. The largest absolute Gasteiger partial charge is 0.351 e. The third-order valence-corrected chi connectivity index (χ3v) is 4.20. The van der Waals surface area contributed by atoms with Gasteiger partial charge in [0.05, 0.1) is 17.4 Å². The van der Waals surface area contributed by atoms with Gasteiger partial charge in [-0.15, -0.1) is 11.8 Å². The Balaban J connectivity index is 1.79. The van der Waals surface area contributed by atoms with Crippen LogP contribution < -0.4 is 5.32 Å². The summed E-state index contributed by atoms with van der Waals surface area (Å²) in [6, 6.07) is 17.3. The van der Waals surface area contributed by atoms with Gasteiger partial charge in [-0.05, 0) is 36.2 Å². The van der Waals surface area contributed by atoms with E-state index in [9.17, 15) is 4.79 Å². The maximum Gasteiger partial charge on any atom is 0.230 e. The lowest BCUT2D eigenvalue weighted by atomic mass is 10.1. The number of amides is 1. The third kappa shape index (κ3) is 4.66. The standard InChI is InChI=1S/C17H16N2OS/c1-13-4-2-3-5-16(13)21-12-17(20)19-11-15-8-6-14(10-18)7-9-15/h2-9H,11-12H2,1H3,(H,19,20). The van der Waals surface area contributed by atoms with Crippen LogP contribution in [0.4, 0.5) is 0 Å². The number of nitrogens with zero attached hydrogens (tertiary/aromatic N) is 1. The molecule has 4 heteroatoms. The van der Waals surface area contributed by atoms with Crippen molar-refractivity contribution in [3.8, 4) is 6.07 Å². The van der Waals surface area contributed by atoms with Crippen LogP contribution in [0, 0.1) is 18.3 Å². The van der Waals surface area contributed by atoms with Gasteiger partial charge in [0.15, 0.2) is 0 Å². The predicted molar refractivity (Wildman–Crippen MR) is 84.9 cm³/mol. The van der Waals surface area contributed by atoms with Crippen LogP contribution >= 0.6 is 11.8 Å². The molecule has 2 rings (SSSR count). The van der Waals surface area contributed by atoms with Crippen molar-refractivity contribution < 1.29 is 4.79 Å². The first-order chi connectivity index (χ1) is 10.2. The zero-order valence-corrected chi connectivity index (χ0v) is 12.6. The van der Waals surface area contributed by atoms with E-state index in [1.165, 1.54) is 5.56 Å². The third-order valence-electron chi connectivity index (χ3n) is 3.03. The van der Waals surface area contributed by atoms with Crippen molar-refractivity contribution in [1.82, 2.24) is 5.32 Å². The second-order valence-electron chi connectivity index (χ2n) is 4.64. The number of benzene rings is 2. The van der Waals surface area contributed by atoms with Gasteiger partial charge < -0.3 is 5.32 Å². The van der Waals surface area contributed by atoms with E-state index in [0.717, 1.165) is 10.5 Å². The molecule has 0 heterocycles. The van der Waals surface area contributed by atoms with Crippen LogP contribution in [0.25, 0.3) is 0 Å². The zero-order chi connectivity index (χ0) is 15.1. The minimum atomic E-state index is 0.00705. The van der Waals surface area contributed by atoms with Crippen molar-refractivity contribution in [2.45, 2.75) is 18.4 Å². The second kappa shape index (κ2) is 7.51. The maximum atomic E-state index is 11.8. The zero-order valence-electron chi connectivity index (χ0n) is 11.8. The molecule has 1 amide bonds. The van der Waals surface area contributed by atoms with E-state index >= 15 is 0 Å². The number of hydrogen-bond acceptors (Lipinski definition) is 3. The van der Waals surface area contributed by atoms with Crippen molar-refractivity contribution in [2.24, 2.45) is 0 Å². The molecule has 2 aromatic rings. The molecule has 0 unspecified atom stereocenters. The molecule has 0 aliphatic carbocycles. The fourth-order valence-corrected chi connectivity index (χ4v) is 2.67. The van der Waals surface area contributed by atoms with Gasteiger partial charge in [-0.25, -0.2) is 0 Å². The summed E-state index contributed by atoms with van der Waals surface area (Å²) in [6.45, 7) is 2.52. The first-order valence-corrected chi connectivity index (χ1v) is 7.62. The highest BCUT2D eigenvalue weighted by Gasteiger charge is 2.04. The van der Waals surface area contributed by atoms with Gasteiger partial charge in [0, 0.05) is 11.4 Å². The molecule has 21 heavy (non-hydrogen) atoms. The molecule has 0 radical (unpaired) electrons. The van der Waals surface area contributed by atoms with E-state index in [1.807, 2.05) is 43.3 Å². The van der Waals surface area contributed by atoms with Gasteiger partial charge in [0.1, 0.15) is 0 Å². The first kappa shape index (κ1) is 15.1. The van der Waals surface area contributed by atoms with E-state index in [4.69, 9.17) is 5.26 Å². The van der Waals surface area contributed by atoms with Crippen LogP contribution in [0.2, 0.25) is 0 Å².